The topological polar surface area (TPSA) is 78.1 Å². The highest BCUT2D eigenvalue weighted by Gasteiger charge is 2.36. The lowest BCUT2D eigenvalue weighted by molar-refractivity contribution is 0.367. The summed E-state index contributed by atoms with van der Waals surface area (Å²) in [6.07, 6.45) is 4.05. The predicted molar refractivity (Wildman–Crippen MR) is 68.8 cm³/mol. The second-order valence-corrected chi connectivity index (χ2v) is 5.63. The van der Waals surface area contributed by atoms with E-state index < -0.39 is 5.54 Å². The van der Waals surface area contributed by atoms with Crippen LogP contribution in [0, 0.1) is 6.92 Å². The van der Waals surface area contributed by atoms with Gasteiger partial charge in [0.05, 0.1) is 5.54 Å². The second-order valence-electron chi connectivity index (χ2n) is 4.85. The van der Waals surface area contributed by atoms with Crippen molar-refractivity contribution in [1.29, 1.82) is 0 Å². The van der Waals surface area contributed by atoms with Crippen molar-refractivity contribution in [3.8, 4) is 11.7 Å². The van der Waals surface area contributed by atoms with Crippen LogP contribution in [0.15, 0.2) is 19.7 Å². The van der Waals surface area contributed by atoms with Gasteiger partial charge in [0.15, 0.2) is 16.3 Å². The Morgan fingerprint density at radius 3 is 2.72 bits per heavy atom. The van der Waals surface area contributed by atoms with Crippen molar-refractivity contribution in [3.63, 3.8) is 0 Å². The molecule has 1 aliphatic carbocycles. The monoisotopic (exact) mass is 311 g/mol. The van der Waals surface area contributed by atoms with Crippen LogP contribution in [0.2, 0.25) is 0 Å². The fourth-order valence-corrected chi connectivity index (χ4v) is 2.91. The molecule has 1 saturated carbocycles. The molecule has 3 rings (SSSR count). The number of furan rings is 1. The van der Waals surface area contributed by atoms with Gasteiger partial charge in [0, 0.05) is 5.56 Å². The van der Waals surface area contributed by atoms with E-state index in [1.165, 1.54) is 0 Å². The molecule has 0 saturated heterocycles. The van der Waals surface area contributed by atoms with Gasteiger partial charge in [-0.25, -0.2) is 0 Å². The first kappa shape index (κ1) is 11.9. The molecule has 2 aromatic heterocycles. The Morgan fingerprint density at radius 2 is 2.11 bits per heavy atom. The van der Waals surface area contributed by atoms with Crippen molar-refractivity contribution in [2.24, 2.45) is 5.73 Å². The Bertz CT molecular complexity index is 570. The Hall–Kier alpha value is -1.14. The minimum Gasteiger partial charge on any atom is -0.444 e. The highest BCUT2D eigenvalue weighted by atomic mass is 79.9. The maximum Gasteiger partial charge on any atom is 0.294 e. The zero-order valence-electron chi connectivity index (χ0n) is 10.1. The van der Waals surface area contributed by atoms with Gasteiger partial charge in [0.2, 0.25) is 0 Å². The van der Waals surface area contributed by atoms with Crippen LogP contribution in [0.5, 0.6) is 0 Å². The molecule has 18 heavy (non-hydrogen) atoms. The number of nitrogens with zero attached hydrogens (tertiary/aromatic N) is 2. The number of halogens is 1. The van der Waals surface area contributed by atoms with E-state index in [4.69, 9.17) is 14.7 Å². The Balaban J connectivity index is 1.96. The quantitative estimate of drug-likeness (QED) is 0.921. The van der Waals surface area contributed by atoms with Crippen molar-refractivity contribution in [2.45, 2.75) is 38.1 Å². The van der Waals surface area contributed by atoms with Gasteiger partial charge in [-0.3, -0.25) is 0 Å². The summed E-state index contributed by atoms with van der Waals surface area (Å²) in [5.74, 6) is 1.58. The second kappa shape index (κ2) is 4.20. The first-order chi connectivity index (χ1) is 8.58. The summed E-state index contributed by atoms with van der Waals surface area (Å²) >= 11 is 3.28. The molecule has 2 aromatic rings. The van der Waals surface area contributed by atoms with Crippen LogP contribution >= 0.6 is 15.9 Å². The lowest BCUT2D eigenvalue weighted by atomic mass is 9.99. The van der Waals surface area contributed by atoms with Gasteiger partial charge < -0.3 is 14.7 Å². The number of rotatable bonds is 2. The van der Waals surface area contributed by atoms with Crippen molar-refractivity contribution in [3.05, 3.63) is 22.1 Å². The summed E-state index contributed by atoms with van der Waals surface area (Å²) in [6, 6.07) is 1.87. The third kappa shape index (κ3) is 1.89. The van der Waals surface area contributed by atoms with E-state index in [1.54, 1.807) is 0 Å². The van der Waals surface area contributed by atoms with Gasteiger partial charge in [-0.15, -0.1) is 0 Å². The van der Waals surface area contributed by atoms with Crippen LogP contribution in [0.1, 0.15) is 37.1 Å². The summed E-state index contributed by atoms with van der Waals surface area (Å²) in [6.45, 7) is 1.93. The van der Waals surface area contributed by atoms with Crippen molar-refractivity contribution in [1.82, 2.24) is 10.1 Å². The van der Waals surface area contributed by atoms with Gasteiger partial charge in [-0.1, -0.05) is 18.0 Å². The zero-order valence-corrected chi connectivity index (χ0v) is 11.7. The highest BCUT2D eigenvalue weighted by Crippen LogP contribution is 2.36. The van der Waals surface area contributed by atoms with E-state index in [1.807, 2.05) is 13.0 Å². The van der Waals surface area contributed by atoms with Crippen LogP contribution < -0.4 is 5.73 Å². The standard InChI is InChI=1S/C12H14BrN3O2/c1-7-6-8(13)17-9(7)10-15-11(16-18-10)12(14)4-2-3-5-12/h6H,2-5,14H2,1H3. The van der Waals surface area contributed by atoms with Gasteiger partial charge in [0.1, 0.15) is 0 Å². The number of aryl methyl sites for hydroxylation is 1. The molecule has 0 amide bonds. The van der Waals surface area contributed by atoms with E-state index in [-0.39, 0.29) is 0 Å². The first-order valence-corrected chi connectivity index (χ1v) is 6.77. The first-order valence-electron chi connectivity index (χ1n) is 5.98. The van der Waals surface area contributed by atoms with E-state index in [0.717, 1.165) is 31.2 Å². The average Bonchev–Trinajstić information content (AvgIpc) is 2.99. The Morgan fingerprint density at radius 1 is 1.39 bits per heavy atom. The molecule has 0 atom stereocenters. The van der Waals surface area contributed by atoms with Gasteiger partial charge in [-0.05, 0) is 41.8 Å². The average molecular weight is 312 g/mol. The highest BCUT2D eigenvalue weighted by molar-refractivity contribution is 9.10. The molecule has 1 fully saturated rings. The van der Waals surface area contributed by atoms with E-state index >= 15 is 0 Å². The summed E-state index contributed by atoms with van der Waals surface area (Å²) in [5.41, 5.74) is 6.81. The molecule has 1 aliphatic rings. The largest absolute Gasteiger partial charge is 0.444 e. The molecule has 0 aliphatic heterocycles. The van der Waals surface area contributed by atoms with Gasteiger partial charge >= 0.3 is 0 Å². The summed E-state index contributed by atoms with van der Waals surface area (Å²) < 4.78 is 11.4. The van der Waals surface area contributed by atoms with Crippen molar-refractivity contribution < 1.29 is 8.94 Å². The van der Waals surface area contributed by atoms with Crippen LogP contribution in [0.4, 0.5) is 0 Å². The molecule has 0 spiro atoms. The fourth-order valence-electron chi connectivity index (χ4n) is 2.40. The molecule has 0 aromatic carbocycles. The SMILES string of the molecule is Cc1cc(Br)oc1-c1nc(C2(N)CCCC2)no1. The number of hydrogen-bond donors (Lipinski definition) is 1. The minimum atomic E-state index is -0.431. The summed E-state index contributed by atoms with van der Waals surface area (Å²) in [5, 5.41) is 4.01. The van der Waals surface area contributed by atoms with Gasteiger partial charge in [-0.2, -0.15) is 4.98 Å². The number of aromatic nitrogens is 2. The minimum absolute atomic E-state index is 0.393. The lowest BCUT2D eigenvalue weighted by Crippen LogP contribution is -2.34. The lowest BCUT2D eigenvalue weighted by Gasteiger charge is -2.17. The molecule has 2 heterocycles. The van der Waals surface area contributed by atoms with Crippen molar-refractivity contribution in [2.75, 3.05) is 0 Å². The molecule has 0 bridgehead atoms. The van der Waals surface area contributed by atoms with Gasteiger partial charge in [0.25, 0.3) is 5.89 Å². The maximum absolute atomic E-state index is 6.29. The smallest absolute Gasteiger partial charge is 0.294 e. The Kier molecular flexibility index (Phi) is 2.79. The molecular formula is C12H14BrN3O2. The molecular weight excluding hydrogens is 298 g/mol. The number of hydrogen-bond acceptors (Lipinski definition) is 5. The molecule has 0 unspecified atom stereocenters. The Labute approximate surface area is 113 Å². The molecule has 96 valence electrons. The fraction of sp³-hybridized carbons (Fsp3) is 0.500. The molecule has 0 radical (unpaired) electrons. The molecule has 2 N–H and O–H groups in total. The van der Waals surface area contributed by atoms with Crippen molar-refractivity contribution >= 4 is 15.9 Å². The van der Waals surface area contributed by atoms with Crippen LogP contribution in [-0.2, 0) is 5.54 Å². The van der Waals surface area contributed by atoms with Crippen LogP contribution in [0.3, 0.4) is 0 Å². The maximum atomic E-state index is 6.29. The third-order valence-electron chi connectivity index (χ3n) is 3.45. The number of nitrogens with two attached hydrogens (primary N) is 1. The predicted octanol–water partition coefficient (Wildman–Crippen LogP) is 3.13. The van der Waals surface area contributed by atoms with Crippen LogP contribution in [0.25, 0.3) is 11.7 Å². The van der Waals surface area contributed by atoms with E-state index in [0.29, 0.717) is 22.1 Å². The third-order valence-corrected chi connectivity index (χ3v) is 3.84. The summed E-state index contributed by atoms with van der Waals surface area (Å²) in [4.78, 5) is 4.39. The zero-order chi connectivity index (χ0) is 12.8. The summed E-state index contributed by atoms with van der Waals surface area (Å²) in [7, 11) is 0. The van der Waals surface area contributed by atoms with E-state index in [9.17, 15) is 0 Å². The van der Waals surface area contributed by atoms with E-state index in [2.05, 4.69) is 26.1 Å². The molecule has 6 heteroatoms. The normalized spacial score (nSPS) is 18.4. The molecule has 5 nitrogen and oxygen atoms in total. The van der Waals surface area contributed by atoms with Crippen LogP contribution in [-0.4, -0.2) is 10.1 Å².